The molecule has 180 valence electrons. The highest BCUT2D eigenvalue weighted by Gasteiger charge is 2.59. The highest BCUT2D eigenvalue weighted by atomic mass is 35.5. The smallest absolute Gasteiger partial charge is 0.370 e. The zero-order chi connectivity index (χ0) is 24.8. The van der Waals surface area contributed by atoms with Gasteiger partial charge in [-0.05, 0) is 41.8 Å². The standard InChI is InChI=1S/C21H17Cl3F6N2O/c1-11(33)31-9-12-2-3-14(8-15(12)20(25,26)27)32-5-4-19(10-32,21(28,29)30)13-6-16(22)18(24)17(23)7-13/h2-3,6-8H,4-5,9-10H2,1H3,(H,31,33). The summed E-state index contributed by atoms with van der Waals surface area (Å²) in [6.45, 7) is 0.0173. The van der Waals surface area contributed by atoms with E-state index in [1.807, 2.05) is 0 Å². The Morgan fingerprint density at radius 2 is 1.67 bits per heavy atom. The molecule has 1 atom stereocenters. The summed E-state index contributed by atoms with van der Waals surface area (Å²) in [5.74, 6) is -0.512. The van der Waals surface area contributed by atoms with Crippen LogP contribution >= 0.6 is 34.8 Å². The SMILES string of the molecule is CC(=O)NCc1ccc(N2CCC(c3cc(Cl)c(Cl)c(Cl)c3)(C(F)(F)F)C2)cc1C(F)(F)F. The Bertz CT molecular complexity index is 1050. The van der Waals surface area contributed by atoms with E-state index in [9.17, 15) is 31.1 Å². The third kappa shape index (κ3) is 5.15. The topological polar surface area (TPSA) is 32.3 Å². The Morgan fingerprint density at radius 1 is 1.06 bits per heavy atom. The number of alkyl halides is 6. The van der Waals surface area contributed by atoms with Gasteiger partial charge in [0.25, 0.3) is 0 Å². The lowest BCUT2D eigenvalue weighted by atomic mass is 9.79. The first-order valence-electron chi connectivity index (χ1n) is 9.57. The molecule has 0 saturated carbocycles. The molecule has 1 unspecified atom stereocenters. The summed E-state index contributed by atoms with van der Waals surface area (Å²) in [5.41, 5.74) is -3.87. The summed E-state index contributed by atoms with van der Waals surface area (Å²) in [7, 11) is 0. The van der Waals surface area contributed by atoms with Crippen molar-refractivity contribution in [1.29, 1.82) is 0 Å². The van der Waals surface area contributed by atoms with Gasteiger partial charge in [-0.3, -0.25) is 4.79 Å². The van der Waals surface area contributed by atoms with Crippen LogP contribution in [-0.4, -0.2) is 25.2 Å². The van der Waals surface area contributed by atoms with Crippen molar-refractivity contribution in [3.05, 3.63) is 62.1 Å². The molecule has 3 rings (SSSR count). The molecule has 1 heterocycles. The van der Waals surface area contributed by atoms with Crippen molar-refractivity contribution in [1.82, 2.24) is 5.32 Å². The van der Waals surface area contributed by atoms with Gasteiger partial charge in [0.1, 0.15) is 5.41 Å². The minimum Gasteiger partial charge on any atom is -0.370 e. The van der Waals surface area contributed by atoms with Gasteiger partial charge < -0.3 is 10.2 Å². The van der Waals surface area contributed by atoms with Gasteiger partial charge in [-0.25, -0.2) is 0 Å². The van der Waals surface area contributed by atoms with E-state index in [0.29, 0.717) is 0 Å². The minimum absolute atomic E-state index is 0.0221. The summed E-state index contributed by atoms with van der Waals surface area (Å²) in [5, 5.41) is 1.91. The van der Waals surface area contributed by atoms with Crippen molar-refractivity contribution in [3.63, 3.8) is 0 Å². The zero-order valence-corrected chi connectivity index (χ0v) is 19.2. The number of halogens is 9. The van der Waals surface area contributed by atoms with Crippen molar-refractivity contribution in [3.8, 4) is 0 Å². The molecular formula is C21H17Cl3F6N2O. The van der Waals surface area contributed by atoms with Crippen LogP contribution in [0.3, 0.4) is 0 Å². The van der Waals surface area contributed by atoms with Gasteiger partial charge in [-0.1, -0.05) is 40.9 Å². The first-order valence-corrected chi connectivity index (χ1v) is 10.7. The number of rotatable bonds is 4. The van der Waals surface area contributed by atoms with Crippen LogP contribution in [-0.2, 0) is 22.9 Å². The lowest BCUT2D eigenvalue weighted by Crippen LogP contribution is -2.45. The highest BCUT2D eigenvalue weighted by molar-refractivity contribution is 6.48. The van der Waals surface area contributed by atoms with Crippen molar-refractivity contribution in [2.24, 2.45) is 0 Å². The molecule has 33 heavy (non-hydrogen) atoms. The number of nitrogens with one attached hydrogen (secondary N) is 1. The van der Waals surface area contributed by atoms with Gasteiger partial charge in [0.15, 0.2) is 0 Å². The van der Waals surface area contributed by atoms with E-state index in [0.717, 1.165) is 31.2 Å². The molecule has 2 aromatic carbocycles. The molecular weight excluding hydrogens is 517 g/mol. The van der Waals surface area contributed by atoms with Crippen LogP contribution in [0.2, 0.25) is 15.1 Å². The maximum absolute atomic E-state index is 14.3. The first kappa shape index (κ1) is 25.8. The van der Waals surface area contributed by atoms with Gasteiger partial charge in [-0.15, -0.1) is 0 Å². The molecule has 1 aliphatic heterocycles. The first-order chi connectivity index (χ1) is 15.2. The molecule has 0 bridgehead atoms. The molecule has 1 saturated heterocycles. The monoisotopic (exact) mass is 532 g/mol. The number of benzene rings is 2. The average Bonchev–Trinajstić information content (AvgIpc) is 3.16. The van der Waals surface area contributed by atoms with E-state index in [2.05, 4.69) is 5.32 Å². The van der Waals surface area contributed by atoms with Crippen LogP contribution in [0.15, 0.2) is 30.3 Å². The molecule has 1 N–H and O–H groups in total. The van der Waals surface area contributed by atoms with Crippen LogP contribution in [0.25, 0.3) is 0 Å². The van der Waals surface area contributed by atoms with E-state index >= 15 is 0 Å². The zero-order valence-electron chi connectivity index (χ0n) is 17.0. The highest BCUT2D eigenvalue weighted by Crippen LogP contribution is 2.50. The summed E-state index contributed by atoms with van der Waals surface area (Å²) in [6.07, 6.45) is -9.91. The molecule has 2 aromatic rings. The predicted octanol–water partition coefficient (Wildman–Crippen LogP) is 7.01. The lowest BCUT2D eigenvalue weighted by molar-refractivity contribution is -0.184. The van der Waals surface area contributed by atoms with Gasteiger partial charge in [-0.2, -0.15) is 26.3 Å². The second kappa shape index (κ2) is 9.07. The number of hydrogen-bond acceptors (Lipinski definition) is 2. The number of hydrogen-bond donors (Lipinski definition) is 1. The molecule has 0 aromatic heterocycles. The number of amides is 1. The summed E-state index contributed by atoms with van der Waals surface area (Å²) in [4.78, 5) is 12.3. The second-order valence-corrected chi connectivity index (χ2v) is 8.95. The maximum atomic E-state index is 14.3. The van der Waals surface area contributed by atoms with Crippen LogP contribution in [0, 0.1) is 0 Å². The molecule has 3 nitrogen and oxygen atoms in total. The van der Waals surface area contributed by atoms with E-state index in [1.165, 1.54) is 11.0 Å². The van der Waals surface area contributed by atoms with E-state index in [1.54, 1.807) is 0 Å². The van der Waals surface area contributed by atoms with E-state index in [4.69, 9.17) is 34.8 Å². The Balaban J connectivity index is 2.02. The van der Waals surface area contributed by atoms with E-state index < -0.39 is 42.2 Å². The fourth-order valence-corrected chi connectivity index (χ4v) is 4.49. The van der Waals surface area contributed by atoms with E-state index in [-0.39, 0.29) is 45.0 Å². The molecule has 1 amide bonds. The largest absolute Gasteiger partial charge is 0.416 e. The van der Waals surface area contributed by atoms with Crippen molar-refractivity contribution < 1.29 is 31.1 Å². The third-order valence-corrected chi connectivity index (χ3v) is 6.84. The Morgan fingerprint density at radius 3 is 2.18 bits per heavy atom. The third-order valence-electron chi connectivity index (χ3n) is 5.64. The molecule has 0 spiro atoms. The Hall–Kier alpha value is -1.84. The molecule has 0 aliphatic carbocycles. The minimum atomic E-state index is -4.76. The van der Waals surface area contributed by atoms with Gasteiger partial charge >= 0.3 is 12.4 Å². The van der Waals surface area contributed by atoms with Crippen LogP contribution < -0.4 is 10.2 Å². The van der Waals surface area contributed by atoms with Crippen LogP contribution in [0.1, 0.15) is 30.0 Å². The van der Waals surface area contributed by atoms with Crippen LogP contribution in [0.5, 0.6) is 0 Å². The lowest BCUT2D eigenvalue weighted by Gasteiger charge is -2.33. The number of carbonyl (C=O) groups is 1. The second-order valence-electron chi connectivity index (χ2n) is 7.75. The quantitative estimate of drug-likeness (QED) is 0.339. The number of carbonyl (C=O) groups excluding carboxylic acids is 1. The fraction of sp³-hybridized carbons (Fsp3) is 0.381. The molecule has 0 radical (unpaired) electrons. The number of nitrogens with zero attached hydrogens (tertiary/aromatic N) is 1. The summed E-state index contributed by atoms with van der Waals surface area (Å²) < 4.78 is 83.8. The van der Waals surface area contributed by atoms with Gasteiger partial charge in [0, 0.05) is 32.2 Å². The van der Waals surface area contributed by atoms with Crippen molar-refractivity contribution in [2.75, 3.05) is 18.0 Å². The summed E-state index contributed by atoms with van der Waals surface area (Å²) >= 11 is 17.8. The van der Waals surface area contributed by atoms with Gasteiger partial charge in [0.05, 0.1) is 20.6 Å². The molecule has 12 heteroatoms. The van der Waals surface area contributed by atoms with Crippen molar-refractivity contribution in [2.45, 2.75) is 37.7 Å². The van der Waals surface area contributed by atoms with Gasteiger partial charge in [0.2, 0.25) is 5.91 Å². The number of anilines is 1. The normalized spacial score (nSPS) is 19.2. The Labute approximate surface area is 200 Å². The predicted molar refractivity (Wildman–Crippen MR) is 115 cm³/mol. The fourth-order valence-electron chi connectivity index (χ4n) is 3.89. The maximum Gasteiger partial charge on any atom is 0.416 e. The Kier molecular flexibility index (Phi) is 7.09. The average molecular weight is 534 g/mol. The van der Waals surface area contributed by atoms with Crippen molar-refractivity contribution >= 4 is 46.4 Å². The summed E-state index contributed by atoms with van der Waals surface area (Å²) in [6, 6.07) is 5.43. The molecule has 1 fully saturated rings. The van der Waals surface area contributed by atoms with Crippen LogP contribution in [0.4, 0.5) is 32.0 Å². The molecule has 1 aliphatic rings.